The minimum absolute atomic E-state index is 0.767. The van der Waals surface area contributed by atoms with Crippen LogP contribution in [0.2, 0.25) is 5.02 Å². The van der Waals surface area contributed by atoms with E-state index in [0.717, 1.165) is 27.7 Å². The molecule has 0 radical (unpaired) electrons. The van der Waals surface area contributed by atoms with Gasteiger partial charge in [-0.15, -0.1) is 0 Å². The van der Waals surface area contributed by atoms with E-state index in [9.17, 15) is 0 Å². The monoisotopic (exact) mass is 218 g/mol. The molecule has 2 rings (SSSR count). The van der Waals surface area contributed by atoms with Gasteiger partial charge >= 0.3 is 0 Å². The van der Waals surface area contributed by atoms with Crippen molar-refractivity contribution in [2.24, 2.45) is 0 Å². The van der Waals surface area contributed by atoms with Crippen molar-refractivity contribution in [3.63, 3.8) is 0 Å². The fraction of sp³-hybridized carbons (Fsp3) is 0.167. The summed E-state index contributed by atoms with van der Waals surface area (Å²) in [5.41, 5.74) is 3.01. The van der Waals surface area contributed by atoms with Crippen molar-refractivity contribution in [3.8, 4) is 11.3 Å². The maximum Gasteiger partial charge on any atom is 0.125 e. The topological polar surface area (TPSA) is 25.8 Å². The van der Waals surface area contributed by atoms with Crippen LogP contribution in [0.15, 0.2) is 30.5 Å². The van der Waals surface area contributed by atoms with Crippen LogP contribution in [-0.4, -0.2) is 9.97 Å². The zero-order chi connectivity index (χ0) is 10.8. The molecule has 0 aliphatic heterocycles. The zero-order valence-corrected chi connectivity index (χ0v) is 9.42. The fourth-order valence-corrected chi connectivity index (χ4v) is 1.55. The molecular formula is C12H11ClN2. The minimum atomic E-state index is 0.767. The first-order valence-electron chi connectivity index (χ1n) is 4.73. The molecule has 0 aliphatic rings. The number of aryl methyl sites for hydroxylation is 2. The number of nitrogens with zero attached hydrogens (tertiary/aromatic N) is 2. The lowest BCUT2D eigenvalue weighted by Gasteiger charge is -2.03. The van der Waals surface area contributed by atoms with E-state index in [1.54, 1.807) is 6.20 Å². The maximum atomic E-state index is 6.06. The Bertz CT molecular complexity index is 495. The molecule has 0 saturated heterocycles. The molecule has 3 heteroatoms. The van der Waals surface area contributed by atoms with Crippen LogP contribution in [0.3, 0.4) is 0 Å². The highest BCUT2D eigenvalue weighted by molar-refractivity contribution is 6.31. The largest absolute Gasteiger partial charge is 0.242 e. The number of halogens is 1. The lowest BCUT2D eigenvalue weighted by atomic mass is 10.1. The molecule has 0 saturated carbocycles. The normalized spacial score (nSPS) is 10.3. The van der Waals surface area contributed by atoms with E-state index >= 15 is 0 Å². The molecule has 1 heterocycles. The lowest BCUT2D eigenvalue weighted by Crippen LogP contribution is -1.90. The number of aromatic nitrogens is 2. The van der Waals surface area contributed by atoms with Gasteiger partial charge in [0.25, 0.3) is 0 Å². The Labute approximate surface area is 94.0 Å². The van der Waals surface area contributed by atoms with Gasteiger partial charge in [-0.2, -0.15) is 0 Å². The second-order valence-electron chi connectivity index (χ2n) is 3.45. The van der Waals surface area contributed by atoms with Crippen molar-refractivity contribution in [2.75, 3.05) is 0 Å². The van der Waals surface area contributed by atoms with E-state index in [1.807, 2.05) is 38.1 Å². The number of hydrogen-bond acceptors (Lipinski definition) is 2. The standard InChI is InChI=1S/C12H11ClN2/c1-8-3-4-10(7-11(8)13)12-5-6-14-9(2)15-12/h3-7H,1-2H3. The summed E-state index contributed by atoms with van der Waals surface area (Å²) in [6.07, 6.45) is 1.76. The Balaban J connectivity index is 2.50. The molecule has 0 amide bonds. The molecule has 2 aromatic rings. The highest BCUT2D eigenvalue weighted by Crippen LogP contribution is 2.23. The van der Waals surface area contributed by atoms with E-state index in [1.165, 1.54) is 0 Å². The van der Waals surface area contributed by atoms with Crippen LogP contribution in [0, 0.1) is 13.8 Å². The summed E-state index contributed by atoms with van der Waals surface area (Å²) in [5, 5.41) is 0.767. The summed E-state index contributed by atoms with van der Waals surface area (Å²) in [5.74, 6) is 0.768. The van der Waals surface area contributed by atoms with Crippen molar-refractivity contribution < 1.29 is 0 Å². The van der Waals surface area contributed by atoms with Crippen LogP contribution in [0.4, 0.5) is 0 Å². The third-order valence-electron chi connectivity index (χ3n) is 2.24. The van der Waals surface area contributed by atoms with Crippen molar-refractivity contribution >= 4 is 11.6 Å². The highest BCUT2D eigenvalue weighted by atomic mass is 35.5. The molecular weight excluding hydrogens is 208 g/mol. The minimum Gasteiger partial charge on any atom is -0.242 e. The van der Waals surface area contributed by atoms with E-state index < -0.39 is 0 Å². The van der Waals surface area contributed by atoms with Crippen LogP contribution < -0.4 is 0 Å². The van der Waals surface area contributed by atoms with Gasteiger partial charge in [0.2, 0.25) is 0 Å². The smallest absolute Gasteiger partial charge is 0.125 e. The van der Waals surface area contributed by atoms with Gasteiger partial charge < -0.3 is 0 Å². The molecule has 0 aliphatic carbocycles. The van der Waals surface area contributed by atoms with Crippen molar-refractivity contribution in [2.45, 2.75) is 13.8 Å². The summed E-state index contributed by atoms with van der Waals surface area (Å²) in [4.78, 5) is 8.41. The summed E-state index contributed by atoms with van der Waals surface area (Å²) >= 11 is 6.06. The highest BCUT2D eigenvalue weighted by Gasteiger charge is 2.02. The van der Waals surface area contributed by atoms with Gasteiger partial charge in [-0.1, -0.05) is 23.7 Å². The van der Waals surface area contributed by atoms with E-state index in [0.29, 0.717) is 0 Å². The van der Waals surface area contributed by atoms with Gasteiger partial charge in [0, 0.05) is 16.8 Å². The molecule has 0 atom stereocenters. The molecule has 0 bridgehead atoms. The van der Waals surface area contributed by atoms with E-state index in [4.69, 9.17) is 11.6 Å². The number of benzene rings is 1. The molecule has 0 fully saturated rings. The van der Waals surface area contributed by atoms with Crippen LogP contribution in [0.25, 0.3) is 11.3 Å². The summed E-state index contributed by atoms with van der Waals surface area (Å²) in [6.45, 7) is 3.86. The van der Waals surface area contributed by atoms with Crippen LogP contribution in [-0.2, 0) is 0 Å². The van der Waals surface area contributed by atoms with Gasteiger partial charge in [-0.25, -0.2) is 9.97 Å². The summed E-state index contributed by atoms with van der Waals surface area (Å²) in [7, 11) is 0. The second kappa shape index (κ2) is 3.99. The Morgan fingerprint density at radius 2 is 1.93 bits per heavy atom. The first-order chi connectivity index (χ1) is 7.16. The molecule has 1 aromatic carbocycles. The Morgan fingerprint density at radius 1 is 1.13 bits per heavy atom. The second-order valence-corrected chi connectivity index (χ2v) is 3.86. The third-order valence-corrected chi connectivity index (χ3v) is 2.65. The lowest BCUT2D eigenvalue weighted by molar-refractivity contribution is 1.06. The van der Waals surface area contributed by atoms with Crippen LogP contribution in [0.5, 0.6) is 0 Å². The van der Waals surface area contributed by atoms with Crippen molar-refractivity contribution in [1.29, 1.82) is 0 Å². The fourth-order valence-electron chi connectivity index (χ4n) is 1.37. The van der Waals surface area contributed by atoms with Gasteiger partial charge in [0.05, 0.1) is 5.69 Å². The van der Waals surface area contributed by atoms with E-state index in [2.05, 4.69) is 9.97 Å². The van der Waals surface area contributed by atoms with E-state index in [-0.39, 0.29) is 0 Å². The first-order valence-corrected chi connectivity index (χ1v) is 5.11. The Hall–Kier alpha value is -1.41. The quantitative estimate of drug-likeness (QED) is 0.733. The summed E-state index contributed by atoms with van der Waals surface area (Å²) in [6, 6.07) is 7.82. The zero-order valence-electron chi connectivity index (χ0n) is 8.66. The average molecular weight is 219 g/mol. The number of hydrogen-bond donors (Lipinski definition) is 0. The molecule has 15 heavy (non-hydrogen) atoms. The summed E-state index contributed by atoms with van der Waals surface area (Å²) < 4.78 is 0. The van der Waals surface area contributed by atoms with Gasteiger partial charge in [0.1, 0.15) is 5.82 Å². The van der Waals surface area contributed by atoms with Gasteiger partial charge in [-0.05, 0) is 31.5 Å². The predicted molar refractivity (Wildman–Crippen MR) is 62.0 cm³/mol. The maximum absolute atomic E-state index is 6.06. The Morgan fingerprint density at radius 3 is 2.60 bits per heavy atom. The van der Waals surface area contributed by atoms with Crippen LogP contribution in [0.1, 0.15) is 11.4 Å². The van der Waals surface area contributed by atoms with Crippen molar-refractivity contribution in [3.05, 3.63) is 46.9 Å². The predicted octanol–water partition coefficient (Wildman–Crippen LogP) is 3.41. The molecule has 0 unspecified atom stereocenters. The van der Waals surface area contributed by atoms with Gasteiger partial charge in [-0.3, -0.25) is 0 Å². The molecule has 2 nitrogen and oxygen atoms in total. The molecule has 0 spiro atoms. The molecule has 76 valence electrons. The first kappa shape index (κ1) is 10.1. The average Bonchev–Trinajstić information content (AvgIpc) is 2.22. The number of rotatable bonds is 1. The molecule has 1 aromatic heterocycles. The van der Waals surface area contributed by atoms with Gasteiger partial charge in [0.15, 0.2) is 0 Å². The van der Waals surface area contributed by atoms with Crippen molar-refractivity contribution in [1.82, 2.24) is 9.97 Å². The Kier molecular flexibility index (Phi) is 2.69. The molecule has 0 N–H and O–H groups in total. The SMILES string of the molecule is Cc1nccc(-c2ccc(C)c(Cl)c2)n1. The van der Waals surface area contributed by atoms with Crippen LogP contribution >= 0.6 is 11.6 Å². The third kappa shape index (κ3) is 2.16.